The van der Waals surface area contributed by atoms with Crippen LogP contribution < -0.4 is 10.2 Å². The molecule has 30 heavy (non-hydrogen) atoms. The quantitative estimate of drug-likeness (QED) is 0.613. The molecule has 4 heterocycles. The molecule has 3 N–H and O–H groups in total. The van der Waals surface area contributed by atoms with Gasteiger partial charge in [0, 0.05) is 47.7 Å². The van der Waals surface area contributed by atoms with Gasteiger partial charge in [0.25, 0.3) is 0 Å². The zero-order valence-electron chi connectivity index (χ0n) is 17.6. The molecule has 1 saturated heterocycles. The Balaban J connectivity index is 1.35. The minimum absolute atomic E-state index is 0.0693. The summed E-state index contributed by atoms with van der Waals surface area (Å²) < 4.78 is 0. The van der Waals surface area contributed by atoms with Gasteiger partial charge in [-0.2, -0.15) is 5.10 Å². The molecule has 0 radical (unpaired) electrons. The predicted molar refractivity (Wildman–Crippen MR) is 115 cm³/mol. The molecule has 3 aromatic heterocycles. The van der Waals surface area contributed by atoms with Gasteiger partial charge in [-0.25, -0.2) is 4.98 Å². The third-order valence-electron chi connectivity index (χ3n) is 6.33. The van der Waals surface area contributed by atoms with E-state index in [0.717, 1.165) is 29.8 Å². The fourth-order valence-corrected chi connectivity index (χ4v) is 4.73. The van der Waals surface area contributed by atoms with Gasteiger partial charge in [0.2, 0.25) is 0 Å². The minimum atomic E-state index is 0.0693. The summed E-state index contributed by atoms with van der Waals surface area (Å²) in [6, 6.07) is 5.92. The second-order valence-corrected chi connectivity index (χ2v) is 9.32. The molecular weight excluding hydrogens is 378 g/mol. The molecular formula is C22H27N7O. The molecule has 3 aromatic rings. The molecule has 0 aromatic carbocycles. The van der Waals surface area contributed by atoms with Crippen molar-refractivity contribution in [1.29, 1.82) is 0 Å². The lowest BCUT2D eigenvalue weighted by molar-refractivity contribution is 0.203. The number of aromatic hydroxyl groups is 1. The average molecular weight is 406 g/mol. The number of rotatable bonds is 4. The summed E-state index contributed by atoms with van der Waals surface area (Å²) >= 11 is 0. The highest BCUT2D eigenvalue weighted by Crippen LogP contribution is 2.47. The second kappa shape index (κ2) is 6.77. The van der Waals surface area contributed by atoms with Crippen molar-refractivity contribution in [2.24, 2.45) is 0 Å². The first-order chi connectivity index (χ1) is 14.3. The average Bonchev–Trinajstić information content (AvgIpc) is 3.22. The molecule has 1 atom stereocenters. The van der Waals surface area contributed by atoms with Gasteiger partial charge in [0.1, 0.15) is 17.1 Å². The number of pyridine rings is 1. The van der Waals surface area contributed by atoms with Crippen LogP contribution in [0.5, 0.6) is 5.75 Å². The maximum atomic E-state index is 10.5. The third-order valence-corrected chi connectivity index (χ3v) is 6.33. The van der Waals surface area contributed by atoms with Crippen LogP contribution in [0.15, 0.2) is 36.8 Å². The summed E-state index contributed by atoms with van der Waals surface area (Å²) in [5.41, 5.74) is 3.05. The highest BCUT2D eigenvalue weighted by atomic mass is 16.3. The van der Waals surface area contributed by atoms with E-state index in [1.165, 1.54) is 12.8 Å². The van der Waals surface area contributed by atoms with E-state index in [0.29, 0.717) is 23.0 Å². The van der Waals surface area contributed by atoms with E-state index in [-0.39, 0.29) is 11.3 Å². The van der Waals surface area contributed by atoms with Gasteiger partial charge in [-0.05, 0) is 57.7 Å². The highest BCUT2D eigenvalue weighted by molar-refractivity contribution is 5.69. The monoisotopic (exact) mass is 405 g/mol. The van der Waals surface area contributed by atoms with Crippen molar-refractivity contribution in [2.75, 3.05) is 11.9 Å². The highest BCUT2D eigenvalue weighted by Gasteiger charge is 2.51. The van der Waals surface area contributed by atoms with Crippen LogP contribution in [0.4, 0.5) is 5.82 Å². The fraction of sp³-hybridized carbons (Fsp3) is 0.455. The van der Waals surface area contributed by atoms with E-state index < -0.39 is 0 Å². The topological polar surface area (TPSA) is 103 Å². The van der Waals surface area contributed by atoms with Gasteiger partial charge in [-0.1, -0.05) is 0 Å². The first kappa shape index (κ1) is 19.0. The van der Waals surface area contributed by atoms with Crippen molar-refractivity contribution in [2.45, 2.75) is 56.7 Å². The van der Waals surface area contributed by atoms with Gasteiger partial charge in [0.05, 0.1) is 6.20 Å². The zero-order valence-corrected chi connectivity index (χ0v) is 17.6. The van der Waals surface area contributed by atoms with Crippen molar-refractivity contribution >= 4 is 5.82 Å². The Morgan fingerprint density at radius 3 is 2.57 bits per heavy atom. The number of piperidine rings is 1. The Bertz CT molecular complexity index is 1040. The predicted octanol–water partition coefficient (Wildman–Crippen LogP) is 3.13. The molecule has 8 heteroatoms. The van der Waals surface area contributed by atoms with E-state index in [4.69, 9.17) is 0 Å². The van der Waals surface area contributed by atoms with E-state index in [2.05, 4.69) is 56.5 Å². The molecule has 1 aliphatic heterocycles. The lowest BCUT2D eigenvalue weighted by Crippen LogP contribution is -2.58. The van der Waals surface area contributed by atoms with Crippen LogP contribution in [0.2, 0.25) is 0 Å². The molecule has 1 unspecified atom stereocenters. The summed E-state index contributed by atoms with van der Waals surface area (Å²) in [5.74, 6) is 0.909. The Morgan fingerprint density at radius 2 is 1.93 bits per heavy atom. The van der Waals surface area contributed by atoms with Crippen LogP contribution in [-0.4, -0.2) is 54.7 Å². The first-order valence-corrected chi connectivity index (χ1v) is 10.4. The van der Waals surface area contributed by atoms with Crippen LogP contribution >= 0.6 is 0 Å². The standard InChI is InChI=1S/C22H27N7O/c1-21(2)9-16(10-22(28-21)6-7-22)29(3)19-5-4-17(26-27-19)20-18(30)8-14(11-23-20)15-12-24-25-13-15/h4-5,8,11-13,16,28,30H,6-7,9-10H2,1-3H3,(H,24,25). The number of nitrogens with zero attached hydrogens (tertiary/aromatic N) is 5. The normalized spacial score (nSPS) is 21.5. The maximum absolute atomic E-state index is 10.5. The second-order valence-electron chi connectivity index (χ2n) is 9.32. The molecule has 1 saturated carbocycles. The number of hydrogen-bond donors (Lipinski definition) is 3. The lowest BCUT2D eigenvalue weighted by Gasteiger charge is -2.45. The van der Waals surface area contributed by atoms with Crippen LogP contribution in [0.3, 0.4) is 0 Å². The van der Waals surface area contributed by atoms with Crippen LogP contribution in [0, 0.1) is 0 Å². The van der Waals surface area contributed by atoms with E-state index >= 15 is 0 Å². The van der Waals surface area contributed by atoms with Crippen molar-refractivity contribution in [3.8, 4) is 28.3 Å². The summed E-state index contributed by atoms with van der Waals surface area (Å²) in [6.45, 7) is 4.56. The molecule has 2 aliphatic rings. The summed E-state index contributed by atoms with van der Waals surface area (Å²) in [4.78, 5) is 6.64. The Labute approximate surface area is 175 Å². The number of H-pyrrole nitrogens is 1. The molecule has 2 fully saturated rings. The summed E-state index contributed by atoms with van der Waals surface area (Å²) in [5, 5.41) is 29.8. The number of aromatic amines is 1. The molecule has 5 rings (SSSR count). The molecule has 8 nitrogen and oxygen atoms in total. The van der Waals surface area contributed by atoms with Crippen molar-refractivity contribution < 1.29 is 5.11 Å². The van der Waals surface area contributed by atoms with E-state index in [9.17, 15) is 5.11 Å². The van der Waals surface area contributed by atoms with Gasteiger partial charge >= 0.3 is 0 Å². The molecule has 1 spiro atoms. The maximum Gasteiger partial charge on any atom is 0.151 e. The van der Waals surface area contributed by atoms with Crippen molar-refractivity contribution in [3.63, 3.8) is 0 Å². The third kappa shape index (κ3) is 3.52. The first-order valence-electron chi connectivity index (χ1n) is 10.4. The molecule has 1 aliphatic carbocycles. The van der Waals surface area contributed by atoms with E-state index in [1.807, 2.05) is 12.1 Å². The molecule has 0 bridgehead atoms. The Morgan fingerprint density at radius 1 is 1.10 bits per heavy atom. The van der Waals surface area contributed by atoms with Crippen LogP contribution in [-0.2, 0) is 0 Å². The largest absolute Gasteiger partial charge is 0.506 e. The smallest absolute Gasteiger partial charge is 0.151 e. The number of nitrogens with one attached hydrogen (secondary N) is 2. The number of anilines is 1. The summed E-state index contributed by atoms with van der Waals surface area (Å²) in [7, 11) is 2.10. The summed E-state index contributed by atoms with van der Waals surface area (Å²) in [6.07, 6.45) is 9.85. The Kier molecular flexibility index (Phi) is 4.28. The SMILES string of the molecule is CN(c1ccc(-c2ncc(-c3cn[nH]c3)cc2O)nn1)C1CC(C)(C)NC2(CC2)C1. The Hall–Kier alpha value is -3.00. The fourth-order valence-electron chi connectivity index (χ4n) is 4.73. The van der Waals surface area contributed by atoms with Crippen molar-refractivity contribution in [1.82, 2.24) is 30.7 Å². The van der Waals surface area contributed by atoms with Crippen LogP contribution in [0.25, 0.3) is 22.5 Å². The molecule has 0 amide bonds. The van der Waals surface area contributed by atoms with Gasteiger partial charge in [0.15, 0.2) is 5.82 Å². The van der Waals surface area contributed by atoms with Gasteiger partial charge in [-0.15, -0.1) is 10.2 Å². The van der Waals surface area contributed by atoms with Crippen molar-refractivity contribution in [3.05, 3.63) is 36.8 Å². The van der Waals surface area contributed by atoms with E-state index in [1.54, 1.807) is 24.7 Å². The number of hydrogen-bond acceptors (Lipinski definition) is 7. The zero-order chi connectivity index (χ0) is 20.9. The van der Waals surface area contributed by atoms with Gasteiger partial charge in [-0.3, -0.25) is 5.10 Å². The van der Waals surface area contributed by atoms with Crippen LogP contribution in [0.1, 0.15) is 39.5 Å². The number of aromatic nitrogens is 5. The van der Waals surface area contributed by atoms with Gasteiger partial charge < -0.3 is 15.3 Å². The molecule has 156 valence electrons. The minimum Gasteiger partial charge on any atom is -0.506 e. The lowest BCUT2D eigenvalue weighted by atomic mass is 9.83.